The Bertz CT molecular complexity index is 1290. The van der Waals surface area contributed by atoms with Gasteiger partial charge < -0.3 is 44.5 Å². The number of rotatable bonds is 4. The fourth-order valence-corrected chi connectivity index (χ4v) is 5.41. The lowest BCUT2D eigenvalue weighted by atomic mass is 9.85. The van der Waals surface area contributed by atoms with Crippen molar-refractivity contribution in [3.63, 3.8) is 0 Å². The zero-order valence-corrected chi connectivity index (χ0v) is 19.2. The van der Waals surface area contributed by atoms with Crippen LogP contribution in [0.25, 0.3) is 0 Å². The van der Waals surface area contributed by atoms with E-state index in [0.29, 0.717) is 30.3 Å². The van der Waals surface area contributed by atoms with Gasteiger partial charge in [-0.2, -0.15) is 0 Å². The molecule has 3 aliphatic heterocycles. The average molecular weight is 494 g/mol. The van der Waals surface area contributed by atoms with Gasteiger partial charge in [0.2, 0.25) is 0 Å². The van der Waals surface area contributed by atoms with Crippen molar-refractivity contribution in [2.24, 2.45) is 11.8 Å². The number of phenolic OH excluding ortho intramolecular Hbond substituents is 4. The minimum Gasteiger partial charge on any atom is -0.504 e. The third-order valence-corrected chi connectivity index (χ3v) is 7.27. The van der Waals surface area contributed by atoms with Gasteiger partial charge in [0, 0.05) is 17.4 Å². The van der Waals surface area contributed by atoms with Crippen LogP contribution in [0.5, 0.6) is 34.5 Å². The number of phenols is 4. The van der Waals surface area contributed by atoms with E-state index >= 15 is 0 Å². The molecule has 3 aliphatic rings. The van der Waals surface area contributed by atoms with Crippen LogP contribution < -0.4 is 9.47 Å². The number of ether oxygens (including phenoxy) is 4. The van der Waals surface area contributed by atoms with E-state index in [1.807, 2.05) is 12.1 Å². The van der Waals surface area contributed by atoms with Crippen molar-refractivity contribution in [2.75, 3.05) is 19.8 Å². The molecule has 0 aromatic heterocycles. The standard InChI is InChI=1S/C27H26O9/c28-10-24-27(14-2-5-19(30)21(32)8-14)36-22-6-3-15(9-23(22)35-24)26-17-12-33-25(16(17)11-34-26)13-1-4-18(29)20(31)7-13/h1-9,16-17,24-32H,10-12H2/t16-,17-,24-,25+,26+,27+/m0/s1. The molecule has 0 aliphatic carbocycles. The Hall–Kier alpha value is -3.66. The van der Waals surface area contributed by atoms with Gasteiger partial charge in [-0.1, -0.05) is 18.2 Å². The minimum atomic E-state index is -0.713. The second-order valence-corrected chi connectivity index (χ2v) is 9.42. The first-order valence-corrected chi connectivity index (χ1v) is 11.8. The van der Waals surface area contributed by atoms with E-state index in [9.17, 15) is 25.5 Å². The summed E-state index contributed by atoms with van der Waals surface area (Å²) in [6.45, 7) is 0.666. The van der Waals surface area contributed by atoms with Gasteiger partial charge in [-0.3, -0.25) is 0 Å². The molecule has 6 rings (SSSR count). The van der Waals surface area contributed by atoms with E-state index in [4.69, 9.17) is 18.9 Å². The highest BCUT2D eigenvalue weighted by atomic mass is 16.6. The molecule has 188 valence electrons. The first kappa shape index (κ1) is 22.8. The van der Waals surface area contributed by atoms with E-state index in [1.54, 1.807) is 18.2 Å². The predicted octanol–water partition coefficient (Wildman–Crippen LogP) is 3.46. The average Bonchev–Trinajstić information content (AvgIpc) is 3.49. The second-order valence-electron chi connectivity index (χ2n) is 9.42. The van der Waals surface area contributed by atoms with E-state index in [1.165, 1.54) is 24.3 Å². The van der Waals surface area contributed by atoms with Gasteiger partial charge in [0.15, 0.2) is 46.7 Å². The molecule has 2 saturated heterocycles. The van der Waals surface area contributed by atoms with E-state index in [-0.39, 0.29) is 53.6 Å². The first-order chi connectivity index (χ1) is 17.4. The van der Waals surface area contributed by atoms with E-state index < -0.39 is 12.2 Å². The van der Waals surface area contributed by atoms with Gasteiger partial charge in [-0.05, 0) is 47.5 Å². The van der Waals surface area contributed by atoms with Gasteiger partial charge in [-0.25, -0.2) is 0 Å². The molecular weight excluding hydrogens is 468 g/mol. The zero-order chi connectivity index (χ0) is 25.0. The number of aromatic hydroxyl groups is 4. The summed E-state index contributed by atoms with van der Waals surface area (Å²) in [5.41, 5.74) is 2.26. The maximum atomic E-state index is 9.96. The quantitative estimate of drug-likeness (QED) is 0.345. The van der Waals surface area contributed by atoms with Crippen molar-refractivity contribution in [1.29, 1.82) is 0 Å². The molecule has 5 N–H and O–H groups in total. The fourth-order valence-electron chi connectivity index (χ4n) is 5.41. The molecule has 0 bridgehead atoms. The predicted molar refractivity (Wildman–Crippen MR) is 125 cm³/mol. The van der Waals surface area contributed by atoms with Gasteiger partial charge in [0.1, 0.15) is 0 Å². The summed E-state index contributed by atoms with van der Waals surface area (Å²) in [6, 6.07) is 14.7. The molecule has 6 atom stereocenters. The number of aliphatic hydroxyl groups is 1. The molecule has 36 heavy (non-hydrogen) atoms. The van der Waals surface area contributed by atoms with Crippen LogP contribution in [-0.4, -0.2) is 51.5 Å². The van der Waals surface area contributed by atoms with Crippen molar-refractivity contribution in [2.45, 2.75) is 24.4 Å². The van der Waals surface area contributed by atoms with Gasteiger partial charge in [0.05, 0.1) is 32.0 Å². The largest absolute Gasteiger partial charge is 0.504 e. The lowest BCUT2D eigenvalue weighted by molar-refractivity contribution is -0.0130. The van der Waals surface area contributed by atoms with Crippen LogP contribution in [0, 0.1) is 11.8 Å². The highest BCUT2D eigenvalue weighted by Gasteiger charge is 2.48. The molecule has 3 aromatic rings. The Morgan fingerprint density at radius 3 is 1.67 bits per heavy atom. The molecule has 0 spiro atoms. The smallest absolute Gasteiger partial charge is 0.163 e. The van der Waals surface area contributed by atoms with Crippen LogP contribution in [0.3, 0.4) is 0 Å². The summed E-state index contributed by atoms with van der Waals surface area (Å²) in [7, 11) is 0. The van der Waals surface area contributed by atoms with Crippen LogP contribution in [0.2, 0.25) is 0 Å². The minimum absolute atomic E-state index is 0.0869. The third kappa shape index (κ3) is 3.76. The van der Waals surface area contributed by atoms with Crippen LogP contribution in [0.4, 0.5) is 0 Å². The van der Waals surface area contributed by atoms with Crippen molar-refractivity contribution in [3.8, 4) is 34.5 Å². The maximum Gasteiger partial charge on any atom is 0.163 e. The molecule has 9 nitrogen and oxygen atoms in total. The van der Waals surface area contributed by atoms with Crippen molar-refractivity contribution in [3.05, 3.63) is 71.3 Å². The van der Waals surface area contributed by atoms with Crippen molar-refractivity contribution < 1.29 is 44.5 Å². The SMILES string of the molecule is OC[C@@H]1Oc2cc([C@H]3OC[C@H]4[C@@H]3CO[C@@H]4c3ccc(O)c(O)c3)ccc2O[C@@H]1c1ccc(O)c(O)c1. The zero-order valence-electron chi connectivity index (χ0n) is 19.2. The summed E-state index contributed by atoms with van der Waals surface area (Å²) < 4.78 is 24.5. The molecule has 0 saturated carbocycles. The van der Waals surface area contributed by atoms with E-state index in [0.717, 1.165) is 11.1 Å². The van der Waals surface area contributed by atoms with Crippen LogP contribution in [-0.2, 0) is 9.47 Å². The summed E-state index contributed by atoms with van der Waals surface area (Å²) in [5.74, 6) is 0.292. The first-order valence-electron chi connectivity index (χ1n) is 11.8. The molecule has 0 amide bonds. The van der Waals surface area contributed by atoms with Crippen molar-refractivity contribution in [1.82, 2.24) is 0 Å². The Morgan fingerprint density at radius 2 is 1.11 bits per heavy atom. The maximum absolute atomic E-state index is 9.96. The highest BCUT2D eigenvalue weighted by molar-refractivity contribution is 5.48. The highest BCUT2D eigenvalue weighted by Crippen LogP contribution is 2.52. The molecule has 3 aromatic carbocycles. The number of aliphatic hydroxyl groups excluding tert-OH is 1. The van der Waals surface area contributed by atoms with Gasteiger partial charge in [-0.15, -0.1) is 0 Å². The Morgan fingerprint density at radius 1 is 0.583 bits per heavy atom. The summed E-state index contributed by atoms with van der Waals surface area (Å²) >= 11 is 0. The molecule has 0 unspecified atom stereocenters. The number of fused-ring (bicyclic) bond motifs is 2. The normalized spacial score (nSPS) is 28.7. The summed E-state index contributed by atoms with van der Waals surface area (Å²) in [4.78, 5) is 0. The second kappa shape index (κ2) is 8.77. The van der Waals surface area contributed by atoms with Crippen LogP contribution in [0.15, 0.2) is 54.6 Å². The molecule has 2 fully saturated rings. The Kier molecular flexibility index (Phi) is 5.55. The lowest BCUT2D eigenvalue weighted by Crippen LogP contribution is -2.36. The lowest BCUT2D eigenvalue weighted by Gasteiger charge is -2.34. The van der Waals surface area contributed by atoms with Gasteiger partial charge >= 0.3 is 0 Å². The monoisotopic (exact) mass is 494 g/mol. The van der Waals surface area contributed by atoms with Crippen LogP contribution >= 0.6 is 0 Å². The molecular formula is C27H26O9. The topological polar surface area (TPSA) is 138 Å². The fraction of sp³-hybridized carbons (Fsp3) is 0.333. The number of hydrogen-bond acceptors (Lipinski definition) is 9. The van der Waals surface area contributed by atoms with E-state index in [2.05, 4.69) is 0 Å². The van der Waals surface area contributed by atoms with Gasteiger partial charge in [0.25, 0.3) is 0 Å². The number of benzene rings is 3. The summed E-state index contributed by atoms with van der Waals surface area (Å²) in [6.07, 6.45) is -1.85. The van der Waals surface area contributed by atoms with Crippen molar-refractivity contribution >= 4 is 0 Å². The molecule has 9 heteroatoms. The van der Waals surface area contributed by atoms with Crippen LogP contribution in [0.1, 0.15) is 35.0 Å². The molecule has 3 heterocycles. The Labute approximate surface area is 206 Å². The number of hydrogen-bond donors (Lipinski definition) is 5. The Balaban J connectivity index is 1.23. The third-order valence-electron chi connectivity index (χ3n) is 7.27. The molecule has 0 radical (unpaired) electrons. The summed E-state index contributed by atoms with van der Waals surface area (Å²) in [5, 5.41) is 49.0.